The van der Waals surface area contributed by atoms with E-state index in [2.05, 4.69) is 5.32 Å². The van der Waals surface area contributed by atoms with Crippen LogP contribution in [0.3, 0.4) is 0 Å². The van der Waals surface area contributed by atoms with E-state index in [-0.39, 0.29) is 11.6 Å². The van der Waals surface area contributed by atoms with Crippen LogP contribution in [-0.4, -0.2) is 10.6 Å². The minimum Gasteiger partial charge on any atom is -0.336 e. The van der Waals surface area contributed by atoms with Crippen LogP contribution in [0.4, 0.5) is 5.69 Å². The molecule has 0 radical (unpaired) electrons. The average Bonchev–Trinajstić information content (AvgIpc) is 2.54. The van der Waals surface area contributed by atoms with E-state index in [9.17, 15) is 9.59 Å². The summed E-state index contributed by atoms with van der Waals surface area (Å²) >= 11 is 0. The van der Waals surface area contributed by atoms with E-state index in [0.717, 1.165) is 0 Å². The fourth-order valence-electron chi connectivity index (χ4n) is 1.60. The number of nitrogens with zero attached hydrogens (tertiary/aromatic N) is 1. The highest BCUT2D eigenvalue weighted by Gasteiger charge is 2.18. The largest absolute Gasteiger partial charge is 0.361 e. The van der Waals surface area contributed by atoms with Gasteiger partial charge in [0.05, 0.1) is 5.56 Å². The Bertz CT molecular complexity index is 596. The Balaban J connectivity index is 2.30. The van der Waals surface area contributed by atoms with Crippen molar-refractivity contribution in [3.05, 3.63) is 52.0 Å². The highest BCUT2D eigenvalue weighted by Crippen LogP contribution is 2.09. The van der Waals surface area contributed by atoms with Gasteiger partial charge in [-0.1, -0.05) is 18.2 Å². The van der Waals surface area contributed by atoms with E-state index in [1.54, 1.807) is 19.1 Å². The molecule has 2 rings (SSSR count). The lowest BCUT2D eigenvalue weighted by Crippen LogP contribution is -2.17. The third-order valence-electron chi connectivity index (χ3n) is 2.44. The molecule has 5 nitrogen and oxygen atoms in total. The van der Waals surface area contributed by atoms with Crippen molar-refractivity contribution in [3.63, 3.8) is 0 Å². The molecule has 5 heteroatoms. The summed E-state index contributed by atoms with van der Waals surface area (Å²) in [7, 11) is 1.52. The van der Waals surface area contributed by atoms with Crippen molar-refractivity contribution in [2.45, 2.75) is 6.92 Å². The van der Waals surface area contributed by atoms with Crippen LogP contribution in [0, 0.1) is 6.92 Å². The van der Waals surface area contributed by atoms with E-state index in [1.807, 2.05) is 18.2 Å². The lowest BCUT2D eigenvalue weighted by atomic mass is 10.2. The fourth-order valence-corrected chi connectivity index (χ4v) is 1.60. The number of nitrogens with one attached hydrogen (secondary N) is 1. The average molecular weight is 232 g/mol. The Morgan fingerprint density at radius 2 is 1.94 bits per heavy atom. The molecular formula is C12H12N2O3. The maximum Gasteiger partial charge on any atom is 0.361 e. The first kappa shape index (κ1) is 11.2. The fraction of sp³-hybridized carbons (Fsp3) is 0.167. The molecule has 0 unspecified atom stereocenters. The van der Waals surface area contributed by atoms with Gasteiger partial charge in [-0.2, -0.15) is 0 Å². The van der Waals surface area contributed by atoms with Crippen LogP contribution < -0.4 is 10.9 Å². The molecule has 0 aliphatic carbocycles. The summed E-state index contributed by atoms with van der Waals surface area (Å²) in [6.07, 6.45) is 0. The zero-order valence-corrected chi connectivity index (χ0v) is 9.56. The van der Waals surface area contributed by atoms with E-state index in [0.29, 0.717) is 11.3 Å². The summed E-state index contributed by atoms with van der Waals surface area (Å²) in [6, 6.07) is 9.03. The smallest absolute Gasteiger partial charge is 0.336 e. The molecule has 0 atom stereocenters. The minimum absolute atomic E-state index is 0.235. The number of para-hydroxylation sites is 1. The molecule has 0 saturated carbocycles. The normalized spacial score (nSPS) is 10.2. The molecule has 0 fully saturated rings. The molecule has 1 N–H and O–H groups in total. The van der Waals surface area contributed by atoms with Crippen LogP contribution in [0.2, 0.25) is 0 Å². The summed E-state index contributed by atoms with van der Waals surface area (Å²) in [5.41, 5.74) is 0.719. The molecule has 1 aromatic heterocycles. The Hall–Kier alpha value is -2.30. The first-order valence-corrected chi connectivity index (χ1v) is 5.13. The maximum atomic E-state index is 11.9. The van der Waals surface area contributed by atoms with E-state index in [1.165, 1.54) is 11.8 Å². The Labute approximate surface area is 97.6 Å². The van der Waals surface area contributed by atoms with Gasteiger partial charge in [0.25, 0.3) is 5.91 Å². The third-order valence-corrected chi connectivity index (χ3v) is 2.44. The van der Waals surface area contributed by atoms with Crippen molar-refractivity contribution < 1.29 is 9.32 Å². The van der Waals surface area contributed by atoms with Crippen molar-refractivity contribution in [2.75, 3.05) is 5.32 Å². The quantitative estimate of drug-likeness (QED) is 0.854. The molecule has 1 heterocycles. The molecule has 0 aliphatic heterocycles. The molecule has 17 heavy (non-hydrogen) atoms. The van der Waals surface area contributed by atoms with Crippen molar-refractivity contribution in [1.29, 1.82) is 0 Å². The van der Waals surface area contributed by atoms with Gasteiger partial charge in [-0.15, -0.1) is 0 Å². The number of benzene rings is 1. The third kappa shape index (κ3) is 2.13. The van der Waals surface area contributed by atoms with Crippen molar-refractivity contribution in [1.82, 2.24) is 4.74 Å². The van der Waals surface area contributed by atoms with Crippen molar-refractivity contribution in [3.8, 4) is 0 Å². The van der Waals surface area contributed by atoms with Gasteiger partial charge in [-0.05, 0) is 19.1 Å². The van der Waals surface area contributed by atoms with Crippen molar-refractivity contribution in [2.24, 2.45) is 7.05 Å². The van der Waals surface area contributed by atoms with Gasteiger partial charge in [-0.25, -0.2) is 9.53 Å². The van der Waals surface area contributed by atoms with Crippen LogP contribution in [-0.2, 0) is 7.05 Å². The minimum atomic E-state index is -0.495. The summed E-state index contributed by atoms with van der Waals surface area (Å²) in [4.78, 5) is 23.2. The number of carbonyl (C=O) groups is 1. The Kier molecular flexibility index (Phi) is 2.82. The molecule has 0 bridgehead atoms. The van der Waals surface area contributed by atoms with Gasteiger partial charge in [-0.3, -0.25) is 4.79 Å². The van der Waals surface area contributed by atoms with Gasteiger partial charge >= 0.3 is 5.63 Å². The summed E-state index contributed by atoms with van der Waals surface area (Å²) in [5, 5.41) is 2.69. The van der Waals surface area contributed by atoms with Gasteiger partial charge in [0.1, 0.15) is 5.69 Å². The topological polar surface area (TPSA) is 64.2 Å². The van der Waals surface area contributed by atoms with Crippen LogP contribution in [0.1, 0.15) is 16.1 Å². The molecule has 88 valence electrons. The predicted octanol–water partition coefficient (Wildman–Crippen LogP) is 1.54. The molecule has 0 spiro atoms. The second-order valence-electron chi connectivity index (χ2n) is 3.67. The molecule has 2 aromatic rings. The van der Waals surface area contributed by atoms with Crippen molar-refractivity contribution >= 4 is 11.6 Å². The number of aromatic nitrogens is 1. The monoisotopic (exact) mass is 232 g/mol. The molecule has 1 amide bonds. The lowest BCUT2D eigenvalue weighted by molar-refractivity contribution is 0.100. The summed E-state index contributed by atoms with van der Waals surface area (Å²) in [5.74, 6) is -0.359. The Morgan fingerprint density at radius 1 is 1.29 bits per heavy atom. The number of hydrogen-bond acceptors (Lipinski definition) is 3. The van der Waals surface area contributed by atoms with Gasteiger partial charge in [0.15, 0.2) is 0 Å². The van der Waals surface area contributed by atoms with Gasteiger partial charge in [0.2, 0.25) is 0 Å². The second kappa shape index (κ2) is 4.29. The zero-order chi connectivity index (χ0) is 12.4. The summed E-state index contributed by atoms with van der Waals surface area (Å²) < 4.78 is 5.98. The maximum absolute atomic E-state index is 11.9. The molecule has 0 aliphatic rings. The number of amides is 1. The van der Waals surface area contributed by atoms with E-state index in [4.69, 9.17) is 4.52 Å². The standard InChI is InChI=1S/C12H12N2O3/c1-8-10(14(2)17-12(8)16)11(15)13-9-6-4-3-5-7-9/h3-7H,1-2H3,(H,13,15). The van der Waals surface area contributed by atoms with Crippen LogP contribution in [0.15, 0.2) is 39.6 Å². The van der Waals surface area contributed by atoms with Crippen LogP contribution >= 0.6 is 0 Å². The first-order chi connectivity index (χ1) is 8.09. The zero-order valence-electron chi connectivity index (χ0n) is 9.56. The highest BCUT2D eigenvalue weighted by atomic mass is 16.5. The second-order valence-corrected chi connectivity index (χ2v) is 3.67. The number of hydrogen-bond donors (Lipinski definition) is 1. The Morgan fingerprint density at radius 3 is 2.47 bits per heavy atom. The first-order valence-electron chi connectivity index (χ1n) is 5.13. The molecule has 1 aromatic carbocycles. The number of anilines is 1. The van der Waals surface area contributed by atoms with Crippen LogP contribution in [0.5, 0.6) is 0 Å². The molecular weight excluding hydrogens is 220 g/mol. The number of aryl methyl sites for hydroxylation is 1. The lowest BCUT2D eigenvalue weighted by Gasteiger charge is -2.04. The predicted molar refractivity (Wildman–Crippen MR) is 63.1 cm³/mol. The van der Waals surface area contributed by atoms with E-state index < -0.39 is 5.63 Å². The SMILES string of the molecule is Cc1c(C(=O)Nc2ccccc2)n(C)oc1=O. The van der Waals surface area contributed by atoms with Gasteiger partial charge < -0.3 is 9.84 Å². The van der Waals surface area contributed by atoms with E-state index >= 15 is 0 Å². The number of rotatable bonds is 2. The number of carbonyl (C=O) groups excluding carboxylic acids is 1. The van der Waals surface area contributed by atoms with Gasteiger partial charge in [0, 0.05) is 12.7 Å². The van der Waals surface area contributed by atoms with Crippen LogP contribution in [0.25, 0.3) is 0 Å². The highest BCUT2D eigenvalue weighted by molar-refractivity contribution is 6.03. The molecule has 0 saturated heterocycles. The summed E-state index contributed by atoms with van der Waals surface area (Å²) in [6.45, 7) is 1.56.